The Labute approximate surface area is 140 Å². The van der Waals surface area contributed by atoms with Crippen molar-refractivity contribution in [2.24, 2.45) is 5.92 Å². The van der Waals surface area contributed by atoms with E-state index in [4.69, 9.17) is 0 Å². The van der Waals surface area contributed by atoms with Crippen LogP contribution in [0, 0.1) is 5.92 Å². The Morgan fingerprint density at radius 1 is 1.30 bits per heavy atom. The highest BCUT2D eigenvalue weighted by Crippen LogP contribution is 2.20. The summed E-state index contributed by atoms with van der Waals surface area (Å²) in [6, 6.07) is 12.2. The Morgan fingerprint density at radius 2 is 2.13 bits per heavy atom. The zero-order chi connectivity index (χ0) is 16.1. The number of carbonyl (C=O) groups is 1. The molecule has 0 saturated carbocycles. The van der Waals surface area contributed by atoms with Crippen molar-refractivity contribution in [1.82, 2.24) is 10.2 Å². The minimum Gasteiger partial charge on any atom is -0.396 e. The van der Waals surface area contributed by atoms with Crippen molar-refractivity contribution in [1.29, 1.82) is 0 Å². The average Bonchev–Trinajstić information content (AvgIpc) is 3.11. The minimum atomic E-state index is -0.0451. The molecule has 2 unspecified atom stereocenters. The van der Waals surface area contributed by atoms with E-state index >= 15 is 0 Å². The molecule has 1 aromatic carbocycles. The number of nitrogens with zero attached hydrogens (tertiary/aromatic N) is 1. The van der Waals surface area contributed by atoms with E-state index < -0.39 is 0 Å². The van der Waals surface area contributed by atoms with E-state index in [1.807, 2.05) is 35.0 Å². The van der Waals surface area contributed by atoms with Gasteiger partial charge in [0.25, 0.3) is 5.91 Å². The van der Waals surface area contributed by atoms with E-state index in [0.717, 1.165) is 26.1 Å². The van der Waals surface area contributed by atoms with E-state index in [9.17, 15) is 9.90 Å². The lowest BCUT2D eigenvalue weighted by Gasteiger charge is -2.38. The summed E-state index contributed by atoms with van der Waals surface area (Å²) < 4.78 is 0. The number of hydrogen-bond acceptors (Lipinski definition) is 4. The second kappa shape index (κ2) is 7.73. The fourth-order valence-electron chi connectivity index (χ4n) is 3.08. The van der Waals surface area contributed by atoms with Gasteiger partial charge in [0, 0.05) is 42.6 Å². The number of aliphatic hydroxyl groups excluding tert-OH is 1. The average molecular weight is 330 g/mol. The number of thiophene rings is 1. The number of benzene rings is 1. The predicted molar refractivity (Wildman–Crippen MR) is 92.5 cm³/mol. The van der Waals surface area contributed by atoms with Crippen molar-refractivity contribution < 1.29 is 9.90 Å². The van der Waals surface area contributed by atoms with Crippen molar-refractivity contribution in [2.75, 3.05) is 19.7 Å². The Morgan fingerprint density at radius 3 is 2.83 bits per heavy atom. The van der Waals surface area contributed by atoms with Gasteiger partial charge in [-0.2, -0.15) is 11.3 Å². The monoisotopic (exact) mass is 330 g/mol. The molecule has 2 aromatic rings. The molecule has 0 bridgehead atoms. The predicted octanol–water partition coefficient (Wildman–Crippen LogP) is 2.36. The Balaban J connectivity index is 1.63. The van der Waals surface area contributed by atoms with E-state index in [-0.39, 0.29) is 24.5 Å². The molecule has 122 valence electrons. The SMILES string of the molecule is O=C(NC1CN(Cc2ccccc2)CCC1CO)c1ccsc1. The van der Waals surface area contributed by atoms with Gasteiger partial charge in [-0.05, 0) is 30.0 Å². The lowest BCUT2D eigenvalue weighted by Crippen LogP contribution is -2.53. The highest BCUT2D eigenvalue weighted by atomic mass is 32.1. The number of amides is 1. The highest BCUT2D eigenvalue weighted by molar-refractivity contribution is 7.08. The van der Waals surface area contributed by atoms with Gasteiger partial charge in [-0.1, -0.05) is 30.3 Å². The molecule has 0 radical (unpaired) electrons. The molecular formula is C18H22N2O2S. The normalized spacial score (nSPS) is 22.0. The quantitative estimate of drug-likeness (QED) is 0.885. The molecule has 2 heterocycles. The maximum atomic E-state index is 12.3. The van der Waals surface area contributed by atoms with Gasteiger partial charge in [-0.25, -0.2) is 0 Å². The third kappa shape index (κ3) is 4.19. The van der Waals surface area contributed by atoms with Crippen LogP contribution >= 0.6 is 11.3 Å². The molecule has 4 nitrogen and oxygen atoms in total. The number of nitrogens with one attached hydrogen (secondary N) is 1. The first-order chi connectivity index (χ1) is 11.3. The van der Waals surface area contributed by atoms with Crippen LogP contribution in [0.2, 0.25) is 0 Å². The van der Waals surface area contributed by atoms with Gasteiger partial charge in [0.2, 0.25) is 0 Å². The fourth-order valence-corrected chi connectivity index (χ4v) is 3.72. The first-order valence-corrected chi connectivity index (χ1v) is 8.90. The number of rotatable bonds is 5. The lowest BCUT2D eigenvalue weighted by atomic mass is 9.91. The van der Waals surface area contributed by atoms with Gasteiger partial charge >= 0.3 is 0 Å². The van der Waals surface area contributed by atoms with Crippen molar-refractivity contribution in [3.05, 3.63) is 58.3 Å². The summed E-state index contributed by atoms with van der Waals surface area (Å²) >= 11 is 1.52. The van der Waals surface area contributed by atoms with Gasteiger partial charge in [0.1, 0.15) is 0 Å². The van der Waals surface area contributed by atoms with Crippen LogP contribution in [0.4, 0.5) is 0 Å². The maximum absolute atomic E-state index is 12.3. The summed E-state index contributed by atoms with van der Waals surface area (Å²) in [5.41, 5.74) is 1.98. The highest BCUT2D eigenvalue weighted by Gasteiger charge is 2.30. The molecule has 5 heteroatoms. The molecule has 1 fully saturated rings. The number of piperidine rings is 1. The number of likely N-dealkylation sites (tertiary alicyclic amines) is 1. The van der Waals surface area contributed by atoms with Crippen LogP contribution < -0.4 is 5.32 Å². The summed E-state index contributed by atoms with van der Waals surface area (Å²) in [4.78, 5) is 14.6. The number of aliphatic hydroxyl groups is 1. The lowest BCUT2D eigenvalue weighted by molar-refractivity contribution is 0.0731. The molecule has 0 spiro atoms. The largest absolute Gasteiger partial charge is 0.396 e. The first-order valence-electron chi connectivity index (χ1n) is 7.96. The zero-order valence-corrected chi connectivity index (χ0v) is 13.8. The molecule has 1 amide bonds. The van der Waals surface area contributed by atoms with Crippen molar-refractivity contribution in [3.63, 3.8) is 0 Å². The Kier molecular flexibility index (Phi) is 5.43. The van der Waals surface area contributed by atoms with Crippen LogP contribution in [-0.2, 0) is 6.54 Å². The minimum absolute atomic E-state index is 0.00939. The van der Waals surface area contributed by atoms with Crippen molar-refractivity contribution in [3.8, 4) is 0 Å². The molecule has 1 aliphatic rings. The molecule has 1 saturated heterocycles. The standard InChI is InChI=1S/C18H22N2O2S/c21-12-15-6-8-20(10-14-4-2-1-3-5-14)11-17(15)19-18(22)16-7-9-23-13-16/h1-5,7,9,13,15,17,21H,6,8,10-12H2,(H,19,22). The fraction of sp³-hybridized carbons (Fsp3) is 0.389. The van der Waals surface area contributed by atoms with Gasteiger partial charge < -0.3 is 10.4 Å². The summed E-state index contributed by atoms with van der Waals surface area (Å²) in [5.74, 6) is 0.0841. The van der Waals surface area contributed by atoms with Gasteiger partial charge in [-0.3, -0.25) is 9.69 Å². The van der Waals surface area contributed by atoms with Crippen LogP contribution in [0.5, 0.6) is 0 Å². The first kappa shape index (κ1) is 16.2. The molecule has 2 atom stereocenters. The molecule has 1 aliphatic heterocycles. The van der Waals surface area contributed by atoms with E-state index in [1.54, 1.807) is 0 Å². The smallest absolute Gasteiger partial charge is 0.252 e. The van der Waals surface area contributed by atoms with Gasteiger partial charge in [0.15, 0.2) is 0 Å². The molecule has 0 aliphatic carbocycles. The molecule has 1 aromatic heterocycles. The number of carbonyl (C=O) groups excluding carboxylic acids is 1. The van der Waals surface area contributed by atoms with Gasteiger partial charge in [0.05, 0.1) is 0 Å². The van der Waals surface area contributed by atoms with E-state index in [2.05, 4.69) is 22.3 Å². The summed E-state index contributed by atoms with van der Waals surface area (Å²) in [7, 11) is 0. The summed E-state index contributed by atoms with van der Waals surface area (Å²) in [5, 5.41) is 16.5. The molecule has 2 N–H and O–H groups in total. The topological polar surface area (TPSA) is 52.6 Å². The molecular weight excluding hydrogens is 308 g/mol. The van der Waals surface area contributed by atoms with Crippen molar-refractivity contribution >= 4 is 17.2 Å². The van der Waals surface area contributed by atoms with Crippen LogP contribution in [0.25, 0.3) is 0 Å². The van der Waals surface area contributed by atoms with Crippen LogP contribution in [0.3, 0.4) is 0 Å². The Bertz CT molecular complexity index is 615. The molecule has 3 rings (SSSR count). The van der Waals surface area contributed by atoms with Crippen LogP contribution in [0.15, 0.2) is 47.2 Å². The van der Waals surface area contributed by atoms with E-state index in [0.29, 0.717) is 5.56 Å². The summed E-state index contributed by atoms with van der Waals surface area (Å²) in [6.45, 7) is 2.72. The third-order valence-corrected chi connectivity index (χ3v) is 5.11. The third-order valence-electron chi connectivity index (χ3n) is 4.42. The zero-order valence-electron chi connectivity index (χ0n) is 13.0. The maximum Gasteiger partial charge on any atom is 0.252 e. The van der Waals surface area contributed by atoms with Gasteiger partial charge in [-0.15, -0.1) is 0 Å². The number of hydrogen-bond donors (Lipinski definition) is 2. The van der Waals surface area contributed by atoms with Crippen LogP contribution in [0.1, 0.15) is 22.3 Å². The Hall–Kier alpha value is -1.69. The van der Waals surface area contributed by atoms with Crippen molar-refractivity contribution in [2.45, 2.75) is 19.0 Å². The second-order valence-electron chi connectivity index (χ2n) is 6.04. The second-order valence-corrected chi connectivity index (χ2v) is 6.82. The van der Waals surface area contributed by atoms with Crippen LogP contribution in [-0.4, -0.2) is 41.7 Å². The molecule has 23 heavy (non-hydrogen) atoms. The van der Waals surface area contributed by atoms with E-state index in [1.165, 1.54) is 16.9 Å². The summed E-state index contributed by atoms with van der Waals surface area (Å²) in [6.07, 6.45) is 0.901.